The molecule has 0 aliphatic heterocycles. The zero-order chi connectivity index (χ0) is 13.1. The van der Waals surface area contributed by atoms with Crippen molar-refractivity contribution in [2.45, 2.75) is 37.8 Å². The summed E-state index contributed by atoms with van der Waals surface area (Å²) in [6, 6.07) is 9.71. The number of methoxy groups -OCH3 is 1. The number of benzene rings is 1. The molecule has 2 aromatic rings. The first kappa shape index (κ1) is 12.7. The fourth-order valence-corrected chi connectivity index (χ4v) is 2.68. The number of hydrogen-bond donors (Lipinski definition) is 2. The minimum Gasteiger partial charge on any atom is -0.385 e. The predicted octanol–water partition coefficient (Wildman–Crippen LogP) is 3.39. The molecule has 1 heterocycles. The van der Waals surface area contributed by atoms with Crippen molar-refractivity contribution < 1.29 is 4.74 Å². The third-order valence-corrected chi connectivity index (χ3v) is 3.85. The molecule has 3 heteroatoms. The number of ether oxygens (including phenoxy) is 1. The molecule has 1 aliphatic carbocycles. The summed E-state index contributed by atoms with van der Waals surface area (Å²) < 4.78 is 5.18. The Morgan fingerprint density at radius 2 is 2.21 bits per heavy atom. The van der Waals surface area contributed by atoms with Gasteiger partial charge in [-0.05, 0) is 37.3 Å². The molecule has 19 heavy (non-hydrogen) atoms. The van der Waals surface area contributed by atoms with E-state index in [1.807, 2.05) is 0 Å². The predicted molar refractivity (Wildman–Crippen MR) is 78.3 cm³/mol. The summed E-state index contributed by atoms with van der Waals surface area (Å²) in [5.41, 5.74) is 2.63. The van der Waals surface area contributed by atoms with E-state index in [1.54, 1.807) is 7.11 Å². The number of aromatic amines is 1. The van der Waals surface area contributed by atoms with E-state index in [2.05, 4.69) is 40.8 Å². The SMILES string of the molecule is COCCCC(NC1CC1)c1c[nH]c2ccccc12. The minimum atomic E-state index is 0.443. The maximum atomic E-state index is 5.18. The molecule has 1 atom stereocenters. The Kier molecular flexibility index (Phi) is 3.85. The van der Waals surface area contributed by atoms with E-state index in [0.29, 0.717) is 6.04 Å². The minimum absolute atomic E-state index is 0.443. The number of fused-ring (bicyclic) bond motifs is 1. The smallest absolute Gasteiger partial charge is 0.0462 e. The van der Waals surface area contributed by atoms with E-state index in [0.717, 1.165) is 25.5 Å². The van der Waals surface area contributed by atoms with Crippen LogP contribution in [0.2, 0.25) is 0 Å². The lowest BCUT2D eigenvalue weighted by atomic mass is 10.0. The number of nitrogens with one attached hydrogen (secondary N) is 2. The molecule has 0 radical (unpaired) electrons. The van der Waals surface area contributed by atoms with Gasteiger partial charge in [-0.25, -0.2) is 0 Å². The highest BCUT2D eigenvalue weighted by molar-refractivity contribution is 5.83. The lowest BCUT2D eigenvalue weighted by Gasteiger charge is -2.18. The van der Waals surface area contributed by atoms with Crippen LogP contribution in [0.4, 0.5) is 0 Å². The van der Waals surface area contributed by atoms with Crippen LogP contribution in [0.15, 0.2) is 30.5 Å². The van der Waals surface area contributed by atoms with Gasteiger partial charge in [0.15, 0.2) is 0 Å². The lowest BCUT2D eigenvalue weighted by Crippen LogP contribution is -2.23. The highest BCUT2D eigenvalue weighted by Crippen LogP contribution is 2.31. The van der Waals surface area contributed by atoms with Gasteiger partial charge in [-0.3, -0.25) is 0 Å². The maximum Gasteiger partial charge on any atom is 0.0462 e. The van der Waals surface area contributed by atoms with Crippen LogP contribution in [0.3, 0.4) is 0 Å². The van der Waals surface area contributed by atoms with Gasteiger partial charge in [0.2, 0.25) is 0 Å². The van der Waals surface area contributed by atoms with Crippen molar-refractivity contribution in [1.29, 1.82) is 0 Å². The molecule has 0 spiro atoms. The van der Waals surface area contributed by atoms with E-state index in [4.69, 9.17) is 4.74 Å². The van der Waals surface area contributed by atoms with Crippen molar-refractivity contribution in [2.24, 2.45) is 0 Å². The molecule has 1 aliphatic rings. The molecule has 1 aromatic heterocycles. The number of aromatic nitrogens is 1. The Morgan fingerprint density at radius 1 is 1.37 bits per heavy atom. The molecule has 0 bridgehead atoms. The van der Waals surface area contributed by atoms with Gasteiger partial charge in [-0.1, -0.05) is 18.2 Å². The summed E-state index contributed by atoms with van der Waals surface area (Å²) in [4.78, 5) is 3.38. The van der Waals surface area contributed by atoms with Crippen molar-refractivity contribution in [2.75, 3.05) is 13.7 Å². The molecule has 3 rings (SSSR count). The average Bonchev–Trinajstić information content (AvgIpc) is 3.15. The van der Waals surface area contributed by atoms with Gasteiger partial charge in [0.1, 0.15) is 0 Å². The monoisotopic (exact) mass is 258 g/mol. The molecule has 3 nitrogen and oxygen atoms in total. The quantitative estimate of drug-likeness (QED) is 0.747. The van der Waals surface area contributed by atoms with Crippen molar-refractivity contribution in [3.63, 3.8) is 0 Å². The third kappa shape index (κ3) is 2.99. The van der Waals surface area contributed by atoms with Gasteiger partial charge in [0, 0.05) is 42.9 Å². The Bertz CT molecular complexity index is 530. The number of para-hydroxylation sites is 1. The van der Waals surface area contributed by atoms with Crippen LogP contribution >= 0.6 is 0 Å². The molecule has 1 unspecified atom stereocenters. The lowest BCUT2D eigenvalue weighted by molar-refractivity contribution is 0.188. The Morgan fingerprint density at radius 3 is 3.00 bits per heavy atom. The largest absolute Gasteiger partial charge is 0.385 e. The topological polar surface area (TPSA) is 37.0 Å². The van der Waals surface area contributed by atoms with Gasteiger partial charge >= 0.3 is 0 Å². The zero-order valence-corrected chi connectivity index (χ0v) is 11.5. The fraction of sp³-hybridized carbons (Fsp3) is 0.500. The third-order valence-electron chi connectivity index (χ3n) is 3.85. The van der Waals surface area contributed by atoms with Crippen molar-refractivity contribution in [3.05, 3.63) is 36.0 Å². The summed E-state index contributed by atoms with van der Waals surface area (Å²) in [6.45, 7) is 0.838. The van der Waals surface area contributed by atoms with Crippen LogP contribution in [-0.2, 0) is 4.74 Å². The summed E-state index contributed by atoms with van der Waals surface area (Å²) in [5, 5.41) is 5.11. The van der Waals surface area contributed by atoms with E-state index in [1.165, 1.54) is 29.3 Å². The van der Waals surface area contributed by atoms with Crippen LogP contribution in [-0.4, -0.2) is 24.7 Å². The maximum absolute atomic E-state index is 5.18. The van der Waals surface area contributed by atoms with Gasteiger partial charge in [0.05, 0.1) is 0 Å². The van der Waals surface area contributed by atoms with Crippen molar-refractivity contribution >= 4 is 10.9 Å². The molecule has 0 saturated heterocycles. The second-order valence-corrected chi connectivity index (χ2v) is 5.42. The summed E-state index contributed by atoms with van der Waals surface area (Å²) >= 11 is 0. The standard InChI is InChI=1S/C16H22N2O/c1-19-10-4-7-16(18-12-8-9-12)14-11-17-15-6-3-2-5-13(14)15/h2-3,5-6,11-12,16-18H,4,7-10H2,1H3. The molecule has 1 saturated carbocycles. The van der Waals surface area contributed by atoms with E-state index in [-0.39, 0.29) is 0 Å². The van der Waals surface area contributed by atoms with E-state index >= 15 is 0 Å². The highest BCUT2D eigenvalue weighted by Gasteiger charge is 2.26. The summed E-state index contributed by atoms with van der Waals surface area (Å²) in [5.74, 6) is 0. The average molecular weight is 258 g/mol. The van der Waals surface area contributed by atoms with Crippen molar-refractivity contribution in [3.8, 4) is 0 Å². The molecular formula is C16H22N2O. The number of rotatable bonds is 7. The van der Waals surface area contributed by atoms with Gasteiger partial charge in [0.25, 0.3) is 0 Å². The van der Waals surface area contributed by atoms with Crippen molar-refractivity contribution in [1.82, 2.24) is 10.3 Å². The van der Waals surface area contributed by atoms with Crippen LogP contribution in [0.25, 0.3) is 10.9 Å². The molecular weight excluding hydrogens is 236 g/mol. The second-order valence-electron chi connectivity index (χ2n) is 5.42. The Balaban J connectivity index is 1.80. The first-order chi connectivity index (χ1) is 9.38. The normalized spacial score (nSPS) is 16.9. The van der Waals surface area contributed by atoms with Crippen LogP contribution in [0.5, 0.6) is 0 Å². The van der Waals surface area contributed by atoms with Crippen LogP contribution < -0.4 is 5.32 Å². The van der Waals surface area contributed by atoms with E-state index in [9.17, 15) is 0 Å². The summed E-state index contributed by atoms with van der Waals surface area (Å²) in [7, 11) is 1.77. The fourth-order valence-electron chi connectivity index (χ4n) is 2.68. The second kappa shape index (κ2) is 5.76. The molecule has 1 fully saturated rings. The highest BCUT2D eigenvalue weighted by atomic mass is 16.5. The Labute approximate surface area is 114 Å². The number of hydrogen-bond acceptors (Lipinski definition) is 2. The molecule has 102 valence electrons. The first-order valence-electron chi connectivity index (χ1n) is 7.19. The Hall–Kier alpha value is -1.32. The molecule has 2 N–H and O–H groups in total. The van der Waals surface area contributed by atoms with Gasteiger partial charge < -0.3 is 15.0 Å². The zero-order valence-electron chi connectivity index (χ0n) is 11.5. The molecule has 1 aromatic carbocycles. The first-order valence-corrected chi connectivity index (χ1v) is 7.19. The number of H-pyrrole nitrogens is 1. The van der Waals surface area contributed by atoms with Gasteiger partial charge in [-0.2, -0.15) is 0 Å². The van der Waals surface area contributed by atoms with Crippen LogP contribution in [0, 0.1) is 0 Å². The van der Waals surface area contributed by atoms with Crippen LogP contribution in [0.1, 0.15) is 37.3 Å². The van der Waals surface area contributed by atoms with Gasteiger partial charge in [-0.15, -0.1) is 0 Å². The van der Waals surface area contributed by atoms with E-state index < -0.39 is 0 Å². The summed E-state index contributed by atoms with van der Waals surface area (Å²) in [6.07, 6.45) is 7.04. The molecule has 0 amide bonds.